The number of rotatable bonds is 2. The van der Waals surface area contributed by atoms with Gasteiger partial charge in [-0.1, -0.05) is 10.6 Å². The quantitative estimate of drug-likeness (QED) is 0.836. The molecule has 0 bridgehead atoms. The molecule has 1 atom stereocenters. The molecule has 82 valence electrons. The first-order chi connectivity index (χ1) is 7.83. The minimum atomic E-state index is 0.317. The number of hydrogen-bond donors (Lipinski definition) is 2. The maximum absolute atomic E-state index is 9.40. The molecule has 1 heterocycles. The number of benzene rings is 1. The normalized spacial score (nSPS) is 18.4. The summed E-state index contributed by atoms with van der Waals surface area (Å²) in [6.45, 7) is 0. The van der Waals surface area contributed by atoms with Crippen LogP contribution in [0, 0.1) is 0 Å². The van der Waals surface area contributed by atoms with Crippen molar-refractivity contribution in [2.75, 3.05) is 5.32 Å². The van der Waals surface area contributed by atoms with Crippen LogP contribution in [0.4, 0.5) is 5.00 Å². The second-order valence-corrected chi connectivity index (χ2v) is 4.69. The molecule has 0 saturated heterocycles. The van der Waals surface area contributed by atoms with E-state index >= 15 is 0 Å². The zero-order valence-electron chi connectivity index (χ0n) is 8.55. The number of nitrogens with one attached hydrogen (secondary N) is 1. The summed E-state index contributed by atoms with van der Waals surface area (Å²) in [6, 6.07) is 5.90. The van der Waals surface area contributed by atoms with Crippen molar-refractivity contribution in [1.82, 2.24) is 9.59 Å². The highest BCUT2D eigenvalue weighted by atomic mass is 32.1. The molecule has 3 rings (SSSR count). The predicted octanol–water partition coefficient (Wildman–Crippen LogP) is 2.34. The van der Waals surface area contributed by atoms with Gasteiger partial charge in [0.15, 0.2) is 0 Å². The lowest BCUT2D eigenvalue weighted by Gasteiger charge is -2.12. The fraction of sp³-hybridized carbons (Fsp3) is 0.273. The molecule has 16 heavy (non-hydrogen) atoms. The Morgan fingerprint density at radius 2 is 2.38 bits per heavy atom. The molecule has 0 aliphatic heterocycles. The number of aromatic nitrogens is 2. The predicted molar refractivity (Wildman–Crippen MR) is 62.7 cm³/mol. The van der Waals surface area contributed by atoms with Crippen molar-refractivity contribution in [1.29, 1.82) is 0 Å². The monoisotopic (exact) mass is 233 g/mol. The molecule has 1 aromatic heterocycles. The summed E-state index contributed by atoms with van der Waals surface area (Å²) in [5, 5.41) is 17.6. The largest absolute Gasteiger partial charge is 0.508 e. The molecule has 0 amide bonds. The molecule has 4 nitrogen and oxygen atoms in total. The van der Waals surface area contributed by atoms with Crippen molar-refractivity contribution >= 4 is 16.5 Å². The van der Waals surface area contributed by atoms with Gasteiger partial charge in [0.25, 0.3) is 0 Å². The summed E-state index contributed by atoms with van der Waals surface area (Å²) in [4.78, 5) is 0. The Labute approximate surface area is 97.1 Å². The average Bonchev–Trinajstić information content (AvgIpc) is 2.89. The summed E-state index contributed by atoms with van der Waals surface area (Å²) in [7, 11) is 0. The average molecular weight is 233 g/mol. The highest BCUT2D eigenvalue weighted by Crippen LogP contribution is 2.35. The Bertz CT molecular complexity index is 498. The van der Waals surface area contributed by atoms with Crippen molar-refractivity contribution in [3.05, 3.63) is 35.5 Å². The van der Waals surface area contributed by atoms with Gasteiger partial charge >= 0.3 is 0 Å². The van der Waals surface area contributed by atoms with Crippen molar-refractivity contribution in [3.63, 3.8) is 0 Å². The molecule has 1 aliphatic rings. The first-order valence-electron chi connectivity index (χ1n) is 5.18. The van der Waals surface area contributed by atoms with Gasteiger partial charge in [0.2, 0.25) is 0 Å². The molecular weight excluding hydrogens is 222 g/mol. The standard InChI is InChI=1S/C11H11N3OS/c15-8-2-3-9-7(5-8)1-4-10(9)13-11-6-12-14-16-11/h2-3,5-6,10,13,15H,1,4H2. The summed E-state index contributed by atoms with van der Waals surface area (Å²) >= 11 is 1.37. The summed E-state index contributed by atoms with van der Waals surface area (Å²) in [6.07, 6.45) is 3.80. The summed E-state index contributed by atoms with van der Waals surface area (Å²) in [5.74, 6) is 0.346. The molecule has 1 aromatic carbocycles. The molecule has 0 spiro atoms. The minimum absolute atomic E-state index is 0.317. The Kier molecular flexibility index (Phi) is 2.25. The Hall–Kier alpha value is -1.62. The Balaban J connectivity index is 1.86. The van der Waals surface area contributed by atoms with Crippen LogP contribution in [0.3, 0.4) is 0 Å². The lowest BCUT2D eigenvalue weighted by Crippen LogP contribution is -2.05. The second-order valence-electron chi connectivity index (χ2n) is 3.90. The third-order valence-electron chi connectivity index (χ3n) is 2.88. The first kappa shape index (κ1) is 9.59. The van der Waals surface area contributed by atoms with E-state index in [-0.39, 0.29) is 0 Å². The van der Waals surface area contributed by atoms with Gasteiger partial charge in [0.05, 0.1) is 12.2 Å². The number of nitrogens with zero attached hydrogens (tertiary/aromatic N) is 2. The van der Waals surface area contributed by atoms with Gasteiger partial charge in [-0.25, -0.2) is 0 Å². The van der Waals surface area contributed by atoms with Crippen LogP contribution in [0.1, 0.15) is 23.6 Å². The van der Waals surface area contributed by atoms with Crippen LogP contribution < -0.4 is 5.32 Å². The number of fused-ring (bicyclic) bond motifs is 1. The highest BCUT2D eigenvalue weighted by Gasteiger charge is 2.22. The number of phenols is 1. The van der Waals surface area contributed by atoms with Gasteiger partial charge in [0, 0.05) is 11.5 Å². The van der Waals surface area contributed by atoms with Crippen LogP contribution in [-0.4, -0.2) is 14.7 Å². The third-order valence-corrected chi connectivity index (χ3v) is 3.48. The van der Waals surface area contributed by atoms with E-state index in [0.29, 0.717) is 11.8 Å². The number of aromatic hydroxyl groups is 1. The molecule has 2 aromatic rings. The van der Waals surface area contributed by atoms with E-state index in [2.05, 4.69) is 14.9 Å². The third kappa shape index (κ3) is 1.63. The van der Waals surface area contributed by atoms with E-state index in [4.69, 9.17) is 0 Å². The Morgan fingerprint density at radius 3 is 3.19 bits per heavy atom. The van der Waals surface area contributed by atoms with Gasteiger partial charge in [-0.15, -0.1) is 5.10 Å². The van der Waals surface area contributed by atoms with E-state index in [9.17, 15) is 5.11 Å². The topological polar surface area (TPSA) is 58.0 Å². The van der Waals surface area contributed by atoms with E-state index < -0.39 is 0 Å². The molecule has 0 fully saturated rings. The van der Waals surface area contributed by atoms with Gasteiger partial charge in [-0.05, 0) is 36.1 Å². The van der Waals surface area contributed by atoms with E-state index in [1.165, 1.54) is 22.7 Å². The summed E-state index contributed by atoms with van der Waals surface area (Å²) < 4.78 is 3.82. The zero-order valence-corrected chi connectivity index (χ0v) is 9.37. The number of phenolic OH excluding ortho intramolecular Hbond substituents is 1. The van der Waals surface area contributed by atoms with E-state index in [0.717, 1.165) is 17.8 Å². The lowest BCUT2D eigenvalue weighted by atomic mass is 10.1. The first-order valence-corrected chi connectivity index (χ1v) is 5.96. The molecule has 1 aliphatic carbocycles. The van der Waals surface area contributed by atoms with Crippen molar-refractivity contribution < 1.29 is 5.11 Å². The van der Waals surface area contributed by atoms with Gasteiger partial charge in [-0.3, -0.25) is 0 Å². The molecule has 0 radical (unpaired) electrons. The lowest BCUT2D eigenvalue weighted by molar-refractivity contribution is 0.474. The maximum Gasteiger partial charge on any atom is 0.130 e. The van der Waals surface area contributed by atoms with Crippen molar-refractivity contribution in [3.8, 4) is 5.75 Å². The van der Waals surface area contributed by atoms with Crippen molar-refractivity contribution in [2.45, 2.75) is 18.9 Å². The number of anilines is 1. The van der Waals surface area contributed by atoms with Crippen molar-refractivity contribution in [2.24, 2.45) is 0 Å². The number of aryl methyl sites for hydroxylation is 1. The van der Waals surface area contributed by atoms with Crippen LogP contribution >= 0.6 is 11.5 Å². The maximum atomic E-state index is 9.40. The summed E-state index contributed by atoms with van der Waals surface area (Å²) in [5.41, 5.74) is 2.50. The highest BCUT2D eigenvalue weighted by molar-refractivity contribution is 7.09. The van der Waals surface area contributed by atoms with Crippen LogP contribution in [0.25, 0.3) is 0 Å². The van der Waals surface area contributed by atoms with Crippen LogP contribution in [-0.2, 0) is 6.42 Å². The molecule has 1 unspecified atom stereocenters. The van der Waals surface area contributed by atoms with Crippen LogP contribution in [0.2, 0.25) is 0 Å². The molecule has 2 N–H and O–H groups in total. The van der Waals surface area contributed by atoms with Crippen LogP contribution in [0.5, 0.6) is 5.75 Å². The fourth-order valence-electron chi connectivity index (χ4n) is 2.16. The van der Waals surface area contributed by atoms with Gasteiger partial charge in [0.1, 0.15) is 10.8 Å². The molecule has 0 saturated carbocycles. The Morgan fingerprint density at radius 1 is 1.44 bits per heavy atom. The number of hydrogen-bond acceptors (Lipinski definition) is 5. The molecular formula is C11H11N3OS. The van der Waals surface area contributed by atoms with E-state index in [1.54, 1.807) is 12.3 Å². The fourth-order valence-corrected chi connectivity index (χ4v) is 2.63. The van der Waals surface area contributed by atoms with Gasteiger partial charge in [-0.2, -0.15) is 0 Å². The minimum Gasteiger partial charge on any atom is -0.508 e. The van der Waals surface area contributed by atoms with E-state index in [1.807, 2.05) is 12.1 Å². The second kappa shape index (κ2) is 3.75. The SMILES string of the molecule is Oc1ccc2c(c1)CCC2Nc1cnns1. The van der Waals surface area contributed by atoms with Gasteiger partial charge < -0.3 is 10.4 Å². The smallest absolute Gasteiger partial charge is 0.130 e. The van der Waals surface area contributed by atoms with Crippen LogP contribution in [0.15, 0.2) is 24.4 Å². The molecule has 5 heteroatoms. The zero-order chi connectivity index (χ0) is 11.0.